The Morgan fingerprint density at radius 2 is 1.90 bits per heavy atom. The van der Waals surface area contributed by atoms with Crippen LogP contribution in [0.1, 0.15) is 11.6 Å². The van der Waals surface area contributed by atoms with Crippen LogP contribution in [0.5, 0.6) is 0 Å². The molecule has 1 aromatic heterocycles. The van der Waals surface area contributed by atoms with Crippen molar-refractivity contribution in [2.24, 2.45) is 0 Å². The zero-order chi connectivity index (χ0) is 14.0. The van der Waals surface area contributed by atoms with E-state index < -0.39 is 17.1 Å². The fourth-order valence-corrected chi connectivity index (χ4v) is 2.87. The lowest BCUT2D eigenvalue weighted by Gasteiger charge is -2.35. The summed E-state index contributed by atoms with van der Waals surface area (Å²) in [6, 6.07) is -0.746. The predicted molar refractivity (Wildman–Crippen MR) is 78.7 cm³/mol. The zero-order valence-corrected chi connectivity index (χ0v) is 13.1. The first-order valence-corrected chi connectivity index (χ1v) is 6.52. The monoisotopic (exact) mass is 367 g/mol. The Morgan fingerprint density at radius 1 is 1.33 bits per heavy atom. The Labute approximate surface area is 135 Å². The predicted octanol–water partition coefficient (Wildman–Crippen LogP) is 3.01. The number of rotatable bonds is 3. The van der Waals surface area contributed by atoms with Crippen molar-refractivity contribution in [2.45, 2.75) is 12.2 Å². The van der Waals surface area contributed by atoms with E-state index in [1.54, 1.807) is 0 Å². The van der Waals surface area contributed by atoms with E-state index in [1.165, 1.54) is 10.3 Å². The third kappa shape index (κ3) is 4.96. The first-order valence-electron chi connectivity index (χ1n) is 5.64. The van der Waals surface area contributed by atoms with E-state index in [0.717, 1.165) is 17.4 Å². The van der Waals surface area contributed by atoms with Gasteiger partial charge < -0.3 is 5.32 Å². The Hall–Kier alpha value is -0.610. The second kappa shape index (κ2) is 8.14. The van der Waals surface area contributed by atoms with Crippen molar-refractivity contribution >= 4 is 41.2 Å². The van der Waals surface area contributed by atoms with Crippen LogP contribution < -0.4 is 5.32 Å². The van der Waals surface area contributed by atoms with E-state index in [0.29, 0.717) is 13.1 Å². The summed E-state index contributed by atoms with van der Waals surface area (Å²) in [4.78, 5) is 11.2. The van der Waals surface area contributed by atoms with E-state index in [1.807, 2.05) is 0 Å². The molecule has 2 heterocycles. The number of nitrogens with zero attached hydrogens (tertiary/aromatic N) is 2. The van der Waals surface area contributed by atoms with Gasteiger partial charge in [-0.2, -0.15) is 13.2 Å². The van der Waals surface area contributed by atoms with Gasteiger partial charge >= 0.3 is 11.2 Å². The summed E-state index contributed by atoms with van der Waals surface area (Å²) < 4.78 is 39.5. The molecule has 0 spiro atoms. The van der Waals surface area contributed by atoms with Crippen LogP contribution in [0.3, 0.4) is 0 Å². The number of halogens is 5. The van der Waals surface area contributed by atoms with Gasteiger partial charge in [-0.05, 0) is 5.56 Å². The molecule has 5 nitrogen and oxygen atoms in total. The largest absolute Gasteiger partial charge is 0.408 e. The van der Waals surface area contributed by atoms with Crippen molar-refractivity contribution in [1.82, 2.24) is 10.2 Å². The Kier molecular flexibility index (Phi) is 7.90. The maximum atomic E-state index is 13.2. The van der Waals surface area contributed by atoms with E-state index in [9.17, 15) is 23.3 Å². The lowest BCUT2D eigenvalue weighted by molar-refractivity contribution is -0.380. The van der Waals surface area contributed by atoms with Crippen molar-refractivity contribution in [3.05, 3.63) is 27.1 Å². The third-order valence-electron chi connectivity index (χ3n) is 2.93. The van der Waals surface area contributed by atoms with Gasteiger partial charge in [-0.25, -0.2) is 0 Å². The van der Waals surface area contributed by atoms with Crippen LogP contribution in [-0.4, -0.2) is 42.2 Å². The van der Waals surface area contributed by atoms with Gasteiger partial charge in [0.1, 0.15) is 6.04 Å². The molecule has 1 N–H and O–H groups in total. The molecule has 1 fully saturated rings. The molecule has 21 heavy (non-hydrogen) atoms. The molecule has 11 heteroatoms. The molecule has 1 aliphatic rings. The van der Waals surface area contributed by atoms with E-state index >= 15 is 0 Å². The maximum absolute atomic E-state index is 13.2. The number of alkyl halides is 3. The molecule has 1 atom stereocenters. The molecule has 0 aromatic carbocycles. The topological polar surface area (TPSA) is 58.4 Å². The van der Waals surface area contributed by atoms with Crippen molar-refractivity contribution in [3.63, 3.8) is 0 Å². The normalized spacial score (nSPS) is 17.5. The van der Waals surface area contributed by atoms with Crippen LogP contribution in [-0.2, 0) is 0 Å². The number of thiophene rings is 1. The van der Waals surface area contributed by atoms with Gasteiger partial charge in [-0.1, -0.05) is 11.3 Å². The highest BCUT2D eigenvalue weighted by Crippen LogP contribution is 2.40. The Balaban J connectivity index is 0.00000200. The molecule has 0 aliphatic carbocycles. The van der Waals surface area contributed by atoms with Crippen molar-refractivity contribution in [1.29, 1.82) is 0 Å². The average Bonchev–Trinajstić information content (AvgIpc) is 2.78. The van der Waals surface area contributed by atoms with Gasteiger partial charge in [-0.15, -0.1) is 24.8 Å². The number of hydrogen-bond acceptors (Lipinski definition) is 5. The van der Waals surface area contributed by atoms with Crippen LogP contribution in [0, 0.1) is 10.1 Å². The van der Waals surface area contributed by atoms with Gasteiger partial charge in [0.2, 0.25) is 0 Å². The molecule has 1 saturated heterocycles. The summed E-state index contributed by atoms with van der Waals surface area (Å²) in [5.41, 5.74) is -0.0499. The third-order valence-corrected chi connectivity index (χ3v) is 3.83. The molecule has 2 rings (SSSR count). The summed E-state index contributed by atoms with van der Waals surface area (Å²) >= 11 is 0.725. The minimum Gasteiger partial charge on any atom is -0.314 e. The van der Waals surface area contributed by atoms with Gasteiger partial charge in [0.05, 0.1) is 4.92 Å². The molecular weight excluding hydrogens is 354 g/mol. The van der Waals surface area contributed by atoms with Crippen molar-refractivity contribution < 1.29 is 18.1 Å². The maximum Gasteiger partial charge on any atom is 0.408 e. The molecule has 0 bridgehead atoms. The fraction of sp³-hybridized carbons (Fsp3) is 0.600. The zero-order valence-electron chi connectivity index (χ0n) is 10.6. The molecule has 0 unspecified atom stereocenters. The molecule has 1 aliphatic heterocycles. The van der Waals surface area contributed by atoms with E-state index in [4.69, 9.17) is 0 Å². The molecule has 1 aromatic rings. The summed E-state index contributed by atoms with van der Waals surface area (Å²) in [6.07, 6.45) is -4.44. The Morgan fingerprint density at radius 3 is 2.33 bits per heavy atom. The standard InChI is InChI=1S/C10H12F3N3O2S.2ClH/c11-10(12,13)9(15-3-1-14-2-4-15)7-5-8(16(17)18)19-6-7;;/h5-6,9,14H,1-4H2;2*1H/t9-;;/m1../s1. The second-order valence-corrected chi connectivity index (χ2v) is 5.10. The van der Waals surface area contributed by atoms with Gasteiger partial charge in [-0.3, -0.25) is 15.0 Å². The van der Waals surface area contributed by atoms with E-state index in [2.05, 4.69) is 5.32 Å². The summed E-state index contributed by atoms with van der Waals surface area (Å²) in [7, 11) is 0. The highest BCUT2D eigenvalue weighted by atomic mass is 35.5. The Bertz CT molecular complexity index is 467. The number of piperazine rings is 1. The van der Waals surface area contributed by atoms with E-state index in [-0.39, 0.29) is 48.5 Å². The number of nitrogens with one attached hydrogen (secondary N) is 1. The van der Waals surface area contributed by atoms with Crippen LogP contribution in [0.2, 0.25) is 0 Å². The average molecular weight is 368 g/mol. The van der Waals surface area contributed by atoms with Crippen molar-refractivity contribution in [3.8, 4) is 0 Å². The van der Waals surface area contributed by atoms with Gasteiger partial charge in [0.25, 0.3) is 0 Å². The van der Waals surface area contributed by atoms with Crippen LogP contribution in [0.4, 0.5) is 18.2 Å². The molecule has 0 amide bonds. The summed E-state index contributed by atoms with van der Waals surface area (Å²) in [5.74, 6) is 0. The lowest BCUT2D eigenvalue weighted by atomic mass is 10.1. The lowest BCUT2D eigenvalue weighted by Crippen LogP contribution is -2.48. The fourth-order valence-electron chi connectivity index (χ4n) is 2.13. The minimum absolute atomic E-state index is 0. The van der Waals surface area contributed by atoms with Gasteiger partial charge in [0, 0.05) is 37.6 Å². The van der Waals surface area contributed by atoms with Crippen LogP contribution in [0.15, 0.2) is 11.4 Å². The number of hydrogen-bond donors (Lipinski definition) is 1. The minimum atomic E-state index is -4.44. The van der Waals surface area contributed by atoms with Crippen molar-refractivity contribution in [2.75, 3.05) is 26.2 Å². The molecule has 122 valence electrons. The first kappa shape index (κ1) is 20.4. The molecular formula is C10H14Cl2F3N3O2S. The smallest absolute Gasteiger partial charge is 0.314 e. The SMILES string of the molecule is Cl.Cl.O=[N+]([O-])c1cc([C@@H](N2CCNCC2)C(F)(F)F)cs1. The first-order chi connectivity index (χ1) is 8.89. The summed E-state index contributed by atoms with van der Waals surface area (Å²) in [5, 5.41) is 14.5. The second-order valence-electron chi connectivity index (χ2n) is 4.21. The van der Waals surface area contributed by atoms with Crippen LogP contribution in [0.25, 0.3) is 0 Å². The summed E-state index contributed by atoms with van der Waals surface area (Å²) in [6.45, 7) is 1.51. The van der Waals surface area contributed by atoms with Crippen LogP contribution >= 0.6 is 36.2 Å². The number of nitro groups is 1. The highest BCUT2D eigenvalue weighted by molar-refractivity contribution is 7.13. The molecule has 0 saturated carbocycles. The molecule has 0 radical (unpaired) electrons. The highest BCUT2D eigenvalue weighted by Gasteiger charge is 2.45. The van der Waals surface area contributed by atoms with Gasteiger partial charge in [0.15, 0.2) is 0 Å². The quantitative estimate of drug-likeness (QED) is 0.658.